The van der Waals surface area contributed by atoms with E-state index in [1.807, 2.05) is 12.1 Å². The van der Waals surface area contributed by atoms with Gasteiger partial charge < -0.3 is 4.74 Å². The number of anilines is 1. The van der Waals surface area contributed by atoms with Crippen LogP contribution < -0.4 is 15.0 Å². The minimum Gasteiger partial charge on any atom is -0.455 e. The second-order valence-electron chi connectivity index (χ2n) is 9.64. The van der Waals surface area contributed by atoms with Crippen molar-refractivity contribution in [3.05, 3.63) is 112 Å². The summed E-state index contributed by atoms with van der Waals surface area (Å²) < 4.78 is 8.28. The summed E-state index contributed by atoms with van der Waals surface area (Å²) >= 11 is 3.38. The highest BCUT2D eigenvalue weighted by atomic mass is 32.2. The van der Waals surface area contributed by atoms with E-state index in [0.717, 1.165) is 74.4 Å². The van der Waals surface area contributed by atoms with E-state index < -0.39 is 0 Å². The molecule has 0 bridgehead atoms. The van der Waals surface area contributed by atoms with E-state index in [1.54, 1.807) is 23.1 Å². The van der Waals surface area contributed by atoms with Crippen LogP contribution in [0.3, 0.4) is 0 Å². The van der Waals surface area contributed by atoms with Crippen LogP contribution in [0.15, 0.2) is 111 Å². The first-order chi connectivity index (χ1) is 19.2. The van der Waals surface area contributed by atoms with Crippen molar-refractivity contribution in [1.82, 2.24) is 4.68 Å². The molecule has 39 heavy (non-hydrogen) atoms. The van der Waals surface area contributed by atoms with Gasteiger partial charge in [0.15, 0.2) is 0 Å². The summed E-state index contributed by atoms with van der Waals surface area (Å²) in [5.41, 5.74) is 10.5. The Morgan fingerprint density at radius 3 is 2.21 bits per heavy atom. The summed E-state index contributed by atoms with van der Waals surface area (Å²) in [7, 11) is 0. The number of aromatic nitrogens is 1. The molecule has 0 spiro atoms. The first-order valence-corrected chi connectivity index (χ1v) is 15.2. The Morgan fingerprint density at radius 2 is 1.46 bits per heavy atom. The molecule has 1 N–H and O–H groups in total. The zero-order valence-corrected chi connectivity index (χ0v) is 23.8. The number of hydrogen-bond acceptors (Lipinski definition) is 5. The molecule has 0 aliphatic carbocycles. The van der Waals surface area contributed by atoms with Crippen molar-refractivity contribution in [2.45, 2.75) is 49.3 Å². The normalized spacial score (nSPS) is 12.5. The largest absolute Gasteiger partial charge is 0.455 e. The van der Waals surface area contributed by atoms with Crippen LogP contribution in [0.4, 0.5) is 11.4 Å². The third kappa shape index (κ3) is 5.68. The molecule has 6 heteroatoms. The summed E-state index contributed by atoms with van der Waals surface area (Å²) in [6.07, 6.45) is 4.45. The van der Waals surface area contributed by atoms with Crippen molar-refractivity contribution < 1.29 is 4.74 Å². The van der Waals surface area contributed by atoms with E-state index >= 15 is 0 Å². The third-order valence-corrected chi connectivity index (χ3v) is 8.59. The van der Waals surface area contributed by atoms with Crippen LogP contribution in [0.2, 0.25) is 0 Å². The van der Waals surface area contributed by atoms with Gasteiger partial charge in [0.1, 0.15) is 11.5 Å². The molecule has 196 valence electrons. The molecular formula is C33H31N3OS2. The van der Waals surface area contributed by atoms with Crippen molar-refractivity contribution in [3.8, 4) is 22.8 Å². The van der Waals surface area contributed by atoms with Gasteiger partial charge in [0.25, 0.3) is 0 Å². The maximum atomic E-state index is 6.18. The number of fused-ring (bicyclic) bond motifs is 2. The molecule has 0 radical (unpaired) electrons. The average Bonchev–Trinajstić information content (AvgIpc) is 3.35. The minimum atomic E-state index is 0.887. The molecule has 0 amide bonds. The molecule has 5 aromatic rings. The lowest BCUT2D eigenvalue weighted by atomic mass is 10.1. The van der Waals surface area contributed by atoms with Crippen molar-refractivity contribution in [3.63, 3.8) is 0 Å². The van der Waals surface area contributed by atoms with Crippen LogP contribution in [0.5, 0.6) is 11.5 Å². The number of rotatable bonds is 8. The van der Waals surface area contributed by atoms with Gasteiger partial charge in [-0.25, -0.2) is 9.67 Å². The van der Waals surface area contributed by atoms with Crippen LogP contribution >= 0.6 is 23.1 Å². The predicted octanol–water partition coefficient (Wildman–Crippen LogP) is 9.49. The first-order valence-electron chi connectivity index (χ1n) is 13.5. The van der Waals surface area contributed by atoms with Gasteiger partial charge in [0.05, 0.1) is 26.9 Å². The van der Waals surface area contributed by atoms with Gasteiger partial charge in [-0.1, -0.05) is 74.8 Å². The Kier molecular flexibility index (Phi) is 7.57. The number of hydrogen-bond donors (Lipinski definition) is 1. The Bertz CT molecular complexity index is 1650. The standard InChI is InChI=1S/C33H31N3OS2/c1-3-7-23-11-16-26(17-12-23)34-33-36(35-27-18-13-24(8-4-2)14-19-27)28(22-38-33)25-15-20-30-32(21-25)39-31-10-6-5-9-29(31)37-30/h5-6,9-22,35H,3-4,7-8H2,1-2H3. The fourth-order valence-corrected chi connectivity index (χ4v) is 6.54. The fourth-order valence-electron chi connectivity index (χ4n) is 4.69. The van der Waals surface area contributed by atoms with E-state index in [0.29, 0.717) is 0 Å². The molecule has 0 saturated heterocycles. The average molecular weight is 550 g/mol. The van der Waals surface area contributed by atoms with Crippen LogP contribution in [-0.2, 0) is 12.8 Å². The van der Waals surface area contributed by atoms with Gasteiger partial charge in [-0.2, -0.15) is 0 Å². The number of nitrogens with one attached hydrogen (secondary N) is 1. The smallest absolute Gasteiger partial charge is 0.209 e. The summed E-state index contributed by atoms with van der Waals surface area (Å²) in [5, 5.41) is 2.17. The van der Waals surface area contributed by atoms with Crippen molar-refractivity contribution >= 4 is 34.5 Å². The zero-order valence-electron chi connectivity index (χ0n) is 22.2. The predicted molar refractivity (Wildman–Crippen MR) is 164 cm³/mol. The van der Waals surface area contributed by atoms with Crippen molar-refractivity contribution in [1.29, 1.82) is 0 Å². The molecule has 1 aromatic heterocycles. The summed E-state index contributed by atoms with van der Waals surface area (Å²) in [5.74, 6) is 1.80. The van der Waals surface area contributed by atoms with E-state index in [-0.39, 0.29) is 0 Å². The SMILES string of the molecule is CCCc1ccc(N=c2scc(-c3ccc4c(c3)Sc3ccccc3O4)n2Nc2ccc(CCC)cc2)cc1. The molecule has 0 atom stereocenters. The molecule has 1 aliphatic heterocycles. The summed E-state index contributed by atoms with van der Waals surface area (Å²) in [6, 6.07) is 31.9. The van der Waals surface area contributed by atoms with Gasteiger partial charge in [0.2, 0.25) is 4.80 Å². The maximum absolute atomic E-state index is 6.18. The van der Waals surface area contributed by atoms with E-state index in [1.165, 1.54) is 11.1 Å². The molecule has 4 nitrogen and oxygen atoms in total. The lowest BCUT2D eigenvalue weighted by Crippen LogP contribution is -2.23. The number of aryl methyl sites for hydroxylation is 2. The minimum absolute atomic E-state index is 0.887. The van der Waals surface area contributed by atoms with Gasteiger partial charge in [-0.15, -0.1) is 11.3 Å². The molecule has 6 rings (SSSR count). The van der Waals surface area contributed by atoms with Crippen LogP contribution in [0.1, 0.15) is 37.8 Å². The molecule has 0 unspecified atom stereocenters. The number of para-hydroxylation sites is 1. The highest BCUT2D eigenvalue weighted by Gasteiger charge is 2.19. The number of nitrogens with zero attached hydrogens (tertiary/aromatic N) is 2. The van der Waals surface area contributed by atoms with Gasteiger partial charge >= 0.3 is 0 Å². The molecule has 0 fully saturated rings. The monoisotopic (exact) mass is 549 g/mol. The Labute approximate surface area is 238 Å². The number of ether oxygens (including phenoxy) is 1. The highest BCUT2D eigenvalue weighted by Crippen LogP contribution is 2.47. The Morgan fingerprint density at radius 1 is 0.769 bits per heavy atom. The Balaban J connectivity index is 1.39. The lowest BCUT2D eigenvalue weighted by molar-refractivity contribution is 0.454. The summed E-state index contributed by atoms with van der Waals surface area (Å²) in [6.45, 7) is 4.42. The van der Waals surface area contributed by atoms with Gasteiger partial charge in [-0.05, 0) is 78.6 Å². The molecule has 4 aromatic carbocycles. The van der Waals surface area contributed by atoms with Crippen LogP contribution in [-0.4, -0.2) is 4.68 Å². The van der Waals surface area contributed by atoms with Crippen molar-refractivity contribution in [2.75, 3.05) is 5.43 Å². The van der Waals surface area contributed by atoms with E-state index in [9.17, 15) is 0 Å². The molecule has 0 saturated carbocycles. The highest BCUT2D eigenvalue weighted by molar-refractivity contribution is 7.99. The topological polar surface area (TPSA) is 38.5 Å². The second kappa shape index (κ2) is 11.6. The zero-order chi connectivity index (χ0) is 26.6. The molecule has 1 aliphatic rings. The molecular weight excluding hydrogens is 519 g/mol. The third-order valence-electron chi connectivity index (χ3n) is 6.67. The second-order valence-corrected chi connectivity index (χ2v) is 11.6. The number of thiazole rings is 1. The van der Waals surface area contributed by atoms with E-state index in [2.05, 4.69) is 108 Å². The van der Waals surface area contributed by atoms with Crippen molar-refractivity contribution in [2.24, 2.45) is 4.99 Å². The van der Waals surface area contributed by atoms with E-state index in [4.69, 9.17) is 9.73 Å². The fraction of sp³-hybridized carbons (Fsp3) is 0.182. The number of benzene rings is 4. The summed E-state index contributed by atoms with van der Waals surface area (Å²) in [4.78, 5) is 8.17. The Hall–Kier alpha value is -3.74. The maximum Gasteiger partial charge on any atom is 0.209 e. The first kappa shape index (κ1) is 25.5. The quantitative estimate of drug-likeness (QED) is 0.205. The lowest BCUT2D eigenvalue weighted by Gasteiger charge is -2.20. The van der Waals surface area contributed by atoms with Crippen LogP contribution in [0.25, 0.3) is 11.3 Å². The van der Waals surface area contributed by atoms with Crippen LogP contribution in [0, 0.1) is 0 Å². The van der Waals surface area contributed by atoms with Gasteiger partial charge in [-0.3, -0.25) is 5.43 Å². The van der Waals surface area contributed by atoms with Gasteiger partial charge in [0, 0.05) is 10.9 Å². The molecule has 2 heterocycles.